The minimum Gasteiger partial charge on any atom is -0.461 e. The minimum atomic E-state index is -0.924. The SMILES string of the molecule is CCOC(=O)C1=NN[C@@H]2C(=O)N(c3ccc(CC)cc3)C(=O)[C@H]12. The number of hydrogen-bond donors (Lipinski definition) is 1. The van der Waals surface area contributed by atoms with E-state index in [0.717, 1.165) is 16.9 Å². The van der Waals surface area contributed by atoms with Crippen LogP contribution in [-0.2, 0) is 25.5 Å². The molecule has 0 saturated carbocycles. The number of nitrogens with zero attached hydrogens (tertiary/aromatic N) is 2. The van der Waals surface area contributed by atoms with Gasteiger partial charge in [0, 0.05) is 0 Å². The molecule has 23 heavy (non-hydrogen) atoms. The number of fused-ring (bicyclic) bond motifs is 1. The molecule has 0 bridgehead atoms. The first-order valence-corrected chi connectivity index (χ1v) is 7.55. The fourth-order valence-corrected chi connectivity index (χ4v) is 2.80. The largest absolute Gasteiger partial charge is 0.461 e. The van der Waals surface area contributed by atoms with Crippen LogP contribution in [0.1, 0.15) is 19.4 Å². The van der Waals surface area contributed by atoms with Crippen LogP contribution in [0.2, 0.25) is 0 Å². The maximum absolute atomic E-state index is 12.6. The van der Waals surface area contributed by atoms with Crippen LogP contribution in [-0.4, -0.2) is 36.1 Å². The van der Waals surface area contributed by atoms with E-state index in [0.29, 0.717) is 5.69 Å². The summed E-state index contributed by atoms with van der Waals surface area (Å²) in [6, 6.07) is 6.37. The predicted molar refractivity (Wildman–Crippen MR) is 82.8 cm³/mol. The predicted octanol–water partition coefficient (Wildman–Crippen LogP) is 0.629. The molecule has 120 valence electrons. The van der Waals surface area contributed by atoms with Crippen LogP contribution in [0, 0.1) is 5.92 Å². The monoisotopic (exact) mass is 315 g/mol. The maximum atomic E-state index is 12.6. The third-order valence-electron chi connectivity index (χ3n) is 4.01. The van der Waals surface area contributed by atoms with Crippen molar-refractivity contribution in [2.75, 3.05) is 11.5 Å². The fraction of sp³-hybridized carbons (Fsp3) is 0.375. The molecule has 0 spiro atoms. The summed E-state index contributed by atoms with van der Waals surface area (Å²) < 4.78 is 4.90. The lowest BCUT2D eigenvalue weighted by Crippen LogP contribution is -2.36. The minimum absolute atomic E-state index is 0.0390. The Kier molecular flexibility index (Phi) is 3.85. The molecule has 2 heterocycles. The molecular formula is C16H17N3O4. The Hall–Kier alpha value is -2.70. The number of benzene rings is 1. The average Bonchev–Trinajstić information content (AvgIpc) is 3.09. The smallest absolute Gasteiger partial charge is 0.355 e. The highest BCUT2D eigenvalue weighted by atomic mass is 16.5. The molecule has 0 radical (unpaired) electrons. The summed E-state index contributed by atoms with van der Waals surface area (Å²) in [5.41, 5.74) is 4.15. The van der Waals surface area contributed by atoms with E-state index in [4.69, 9.17) is 4.74 Å². The number of hydrogen-bond acceptors (Lipinski definition) is 6. The standard InChI is InChI=1S/C16H17N3O4/c1-3-9-5-7-10(8-6-9)19-14(20)11-12(15(19)21)17-18-13(11)16(22)23-4-2/h5-8,11-12,17H,3-4H2,1-2H3/t11-,12-/m0/s1. The topological polar surface area (TPSA) is 88.1 Å². The zero-order valence-electron chi connectivity index (χ0n) is 12.9. The van der Waals surface area contributed by atoms with E-state index in [2.05, 4.69) is 10.5 Å². The number of esters is 1. The Balaban J connectivity index is 1.88. The number of amides is 2. The molecule has 1 aromatic rings. The number of nitrogens with one attached hydrogen (secondary N) is 1. The van der Waals surface area contributed by atoms with E-state index >= 15 is 0 Å². The highest BCUT2D eigenvalue weighted by Gasteiger charge is 2.55. The summed E-state index contributed by atoms with van der Waals surface area (Å²) in [6.45, 7) is 3.87. The van der Waals surface area contributed by atoms with Crippen molar-refractivity contribution in [1.29, 1.82) is 0 Å². The van der Waals surface area contributed by atoms with Crippen molar-refractivity contribution in [1.82, 2.24) is 5.43 Å². The van der Waals surface area contributed by atoms with Crippen LogP contribution in [0.5, 0.6) is 0 Å². The van der Waals surface area contributed by atoms with Gasteiger partial charge in [0.1, 0.15) is 12.0 Å². The second-order valence-corrected chi connectivity index (χ2v) is 5.33. The zero-order chi connectivity index (χ0) is 16.6. The van der Waals surface area contributed by atoms with Gasteiger partial charge in [0.25, 0.3) is 5.91 Å². The quantitative estimate of drug-likeness (QED) is 0.650. The molecule has 3 rings (SSSR count). The maximum Gasteiger partial charge on any atom is 0.355 e. The first-order chi connectivity index (χ1) is 11.1. The van der Waals surface area contributed by atoms with Crippen LogP contribution >= 0.6 is 0 Å². The zero-order valence-corrected chi connectivity index (χ0v) is 12.9. The molecular weight excluding hydrogens is 298 g/mol. The van der Waals surface area contributed by atoms with Crippen LogP contribution in [0.25, 0.3) is 0 Å². The Morgan fingerprint density at radius 2 is 1.91 bits per heavy atom. The Morgan fingerprint density at radius 3 is 2.52 bits per heavy atom. The van der Waals surface area contributed by atoms with Gasteiger partial charge < -0.3 is 4.74 Å². The first-order valence-electron chi connectivity index (χ1n) is 7.55. The van der Waals surface area contributed by atoms with Gasteiger partial charge in [-0.25, -0.2) is 9.69 Å². The van der Waals surface area contributed by atoms with E-state index < -0.39 is 29.7 Å². The van der Waals surface area contributed by atoms with E-state index in [1.54, 1.807) is 19.1 Å². The van der Waals surface area contributed by atoms with Gasteiger partial charge in [0.2, 0.25) is 5.91 Å². The summed E-state index contributed by atoms with van der Waals surface area (Å²) >= 11 is 0. The normalized spacial score (nSPS) is 22.7. The molecule has 1 saturated heterocycles. The molecule has 0 aliphatic carbocycles. The van der Waals surface area contributed by atoms with Crippen molar-refractivity contribution in [2.45, 2.75) is 26.3 Å². The summed E-state index contributed by atoms with van der Waals surface area (Å²) in [4.78, 5) is 38.1. The van der Waals surface area contributed by atoms with Crippen molar-refractivity contribution in [2.24, 2.45) is 11.0 Å². The van der Waals surface area contributed by atoms with Gasteiger partial charge >= 0.3 is 5.97 Å². The molecule has 1 N–H and O–H groups in total. The van der Waals surface area contributed by atoms with Crippen molar-refractivity contribution in [3.8, 4) is 0 Å². The average molecular weight is 315 g/mol. The van der Waals surface area contributed by atoms with Gasteiger partial charge in [-0.3, -0.25) is 15.0 Å². The van der Waals surface area contributed by atoms with E-state index in [-0.39, 0.29) is 12.3 Å². The summed E-state index contributed by atoms with van der Waals surface area (Å²) in [5.74, 6) is -2.46. The fourth-order valence-electron chi connectivity index (χ4n) is 2.80. The molecule has 1 fully saturated rings. The number of carbonyl (C=O) groups excluding carboxylic acids is 3. The molecule has 1 aromatic carbocycles. The van der Waals surface area contributed by atoms with Crippen molar-refractivity contribution in [3.63, 3.8) is 0 Å². The number of rotatable bonds is 4. The first kappa shape index (κ1) is 15.2. The molecule has 2 atom stereocenters. The summed E-state index contributed by atoms with van der Waals surface area (Å²) in [7, 11) is 0. The van der Waals surface area contributed by atoms with Gasteiger partial charge in [0.15, 0.2) is 5.71 Å². The van der Waals surface area contributed by atoms with Gasteiger partial charge in [0.05, 0.1) is 12.3 Å². The molecule has 0 aromatic heterocycles. The lowest BCUT2D eigenvalue weighted by atomic mass is 9.99. The summed E-state index contributed by atoms with van der Waals surface area (Å²) in [5, 5.41) is 3.82. The molecule has 2 aliphatic heterocycles. The highest BCUT2D eigenvalue weighted by molar-refractivity contribution is 6.46. The van der Waals surface area contributed by atoms with Gasteiger partial charge in [-0.15, -0.1) is 0 Å². The summed E-state index contributed by atoms with van der Waals surface area (Å²) in [6.07, 6.45) is 0.870. The van der Waals surface area contributed by atoms with Gasteiger partial charge in [-0.2, -0.15) is 5.10 Å². The van der Waals surface area contributed by atoms with Crippen LogP contribution in [0.15, 0.2) is 29.4 Å². The van der Waals surface area contributed by atoms with Crippen molar-refractivity contribution < 1.29 is 19.1 Å². The van der Waals surface area contributed by atoms with Crippen molar-refractivity contribution in [3.05, 3.63) is 29.8 Å². The van der Waals surface area contributed by atoms with Crippen LogP contribution in [0.3, 0.4) is 0 Å². The Bertz CT molecular complexity index is 696. The van der Waals surface area contributed by atoms with Gasteiger partial charge in [-0.1, -0.05) is 19.1 Å². The lowest BCUT2D eigenvalue weighted by molar-refractivity contribution is -0.136. The second-order valence-electron chi connectivity index (χ2n) is 5.33. The van der Waals surface area contributed by atoms with Crippen LogP contribution in [0.4, 0.5) is 5.69 Å². The molecule has 2 amide bonds. The van der Waals surface area contributed by atoms with E-state index in [1.165, 1.54) is 0 Å². The number of ether oxygens (including phenoxy) is 1. The molecule has 7 heteroatoms. The van der Waals surface area contributed by atoms with Gasteiger partial charge in [-0.05, 0) is 31.0 Å². The molecule has 2 aliphatic rings. The number of anilines is 1. The number of imide groups is 1. The second kappa shape index (κ2) is 5.83. The number of hydrazone groups is 1. The highest BCUT2D eigenvalue weighted by Crippen LogP contribution is 2.31. The Labute approximate surface area is 133 Å². The lowest BCUT2D eigenvalue weighted by Gasteiger charge is -2.16. The molecule has 0 unspecified atom stereocenters. The Morgan fingerprint density at radius 1 is 1.22 bits per heavy atom. The molecule has 7 nitrogen and oxygen atoms in total. The van der Waals surface area contributed by atoms with E-state index in [1.807, 2.05) is 19.1 Å². The van der Waals surface area contributed by atoms with Crippen LogP contribution < -0.4 is 10.3 Å². The van der Waals surface area contributed by atoms with E-state index in [9.17, 15) is 14.4 Å². The third kappa shape index (κ3) is 2.38. The third-order valence-corrected chi connectivity index (χ3v) is 4.01. The number of carbonyl (C=O) groups is 3. The number of aryl methyl sites for hydroxylation is 1. The van der Waals surface area contributed by atoms with Crippen molar-refractivity contribution >= 4 is 29.2 Å².